The normalized spacial score (nSPS) is 12.4. The fraction of sp³-hybridized carbons (Fsp3) is 0.0952. The average Bonchev–Trinajstić information content (AvgIpc) is 2.74. The van der Waals surface area contributed by atoms with Crippen LogP contribution in [0.15, 0.2) is 65.7 Å². The summed E-state index contributed by atoms with van der Waals surface area (Å²) < 4.78 is 0. The van der Waals surface area contributed by atoms with Crippen molar-refractivity contribution in [2.24, 2.45) is 4.99 Å². The van der Waals surface area contributed by atoms with E-state index in [0.29, 0.717) is 6.54 Å². The molecule has 1 nitrogen and oxygen atoms in total. The maximum absolute atomic E-state index is 6.14. The quantitative estimate of drug-likeness (QED) is 0.528. The topological polar surface area (TPSA) is 12.4 Å². The van der Waals surface area contributed by atoms with Gasteiger partial charge in [0.15, 0.2) is 0 Å². The van der Waals surface area contributed by atoms with Gasteiger partial charge in [0.25, 0.3) is 0 Å². The standard InChI is InChI=1S/C21H16ClN/c1-14-5-7-15(8-6-14)18-3-2-4-20-19-10-9-17(22)11-16(19)12-23-13-21(18)20/h2-12H,13H2,1H3. The van der Waals surface area contributed by atoms with Gasteiger partial charge in [-0.2, -0.15) is 0 Å². The summed E-state index contributed by atoms with van der Waals surface area (Å²) in [6.45, 7) is 2.80. The zero-order valence-corrected chi connectivity index (χ0v) is 13.6. The van der Waals surface area contributed by atoms with E-state index in [9.17, 15) is 0 Å². The highest BCUT2D eigenvalue weighted by Gasteiger charge is 2.16. The van der Waals surface area contributed by atoms with E-state index in [0.717, 1.165) is 10.6 Å². The van der Waals surface area contributed by atoms with Gasteiger partial charge in [-0.15, -0.1) is 0 Å². The molecule has 2 heteroatoms. The van der Waals surface area contributed by atoms with Crippen LogP contribution >= 0.6 is 11.6 Å². The lowest BCUT2D eigenvalue weighted by Crippen LogP contribution is -1.93. The molecule has 112 valence electrons. The minimum atomic E-state index is 0.686. The number of benzene rings is 3. The Morgan fingerprint density at radius 1 is 0.870 bits per heavy atom. The number of nitrogens with zero attached hydrogens (tertiary/aromatic N) is 1. The van der Waals surface area contributed by atoms with Crippen molar-refractivity contribution in [3.8, 4) is 22.3 Å². The molecule has 3 aromatic carbocycles. The summed E-state index contributed by atoms with van der Waals surface area (Å²) in [5, 5.41) is 0.744. The van der Waals surface area contributed by atoms with Gasteiger partial charge in [-0.25, -0.2) is 0 Å². The Labute approximate surface area is 141 Å². The summed E-state index contributed by atoms with van der Waals surface area (Å²) in [7, 11) is 0. The molecule has 1 aliphatic rings. The summed E-state index contributed by atoms with van der Waals surface area (Å²) in [6, 6.07) is 21.2. The molecule has 0 spiro atoms. The lowest BCUT2D eigenvalue weighted by Gasteiger charge is -2.14. The first-order valence-electron chi connectivity index (χ1n) is 7.71. The van der Waals surface area contributed by atoms with Crippen molar-refractivity contribution in [1.29, 1.82) is 0 Å². The summed E-state index contributed by atoms with van der Waals surface area (Å²) in [6.07, 6.45) is 1.93. The van der Waals surface area contributed by atoms with E-state index in [2.05, 4.69) is 60.4 Å². The fourth-order valence-corrected chi connectivity index (χ4v) is 3.31. The molecule has 0 unspecified atom stereocenters. The van der Waals surface area contributed by atoms with E-state index in [1.54, 1.807) is 0 Å². The third kappa shape index (κ3) is 2.58. The van der Waals surface area contributed by atoms with Crippen LogP contribution in [-0.4, -0.2) is 6.21 Å². The monoisotopic (exact) mass is 317 g/mol. The molecule has 0 saturated carbocycles. The highest BCUT2D eigenvalue weighted by Crippen LogP contribution is 2.36. The van der Waals surface area contributed by atoms with Crippen LogP contribution in [-0.2, 0) is 6.54 Å². The van der Waals surface area contributed by atoms with Crippen molar-refractivity contribution < 1.29 is 0 Å². The summed E-state index contributed by atoms with van der Waals surface area (Å²) in [4.78, 5) is 4.61. The third-order valence-corrected chi connectivity index (χ3v) is 4.56. The first-order valence-corrected chi connectivity index (χ1v) is 8.09. The van der Waals surface area contributed by atoms with Gasteiger partial charge in [0.2, 0.25) is 0 Å². The molecule has 1 aliphatic heterocycles. The summed E-state index contributed by atoms with van der Waals surface area (Å²) in [5.74, 6) is 0. The van der Waals surface area contributed by atoms with Crippen molar-refractivity contribution in [2.75, 3.05) is 0 Å². The molecule has 0 bridgehead atoms. The van der Waals surface area contributed by atoms with Crippen LogP contribution in [0.3, 0.4) is 0 Å². The lowest BCUT2D eigenvalue weighted by molar-refractivity contribution is 1.09. The second-order valence-corrected chi connectivity index (χ2v) is 6.34. The van der Waals surface area contributed by atoms with Gasteiger partial charge in [-0.1, -0.05) is 65.7 Å². The molecule has 0 aliphatic carbocycles. The van der Waals surface area contributed by atoms with E-state index in [1.807, 2.05) is 18.3 Å². The molecule has 0 N–H and O–H groups in total. The molecule has 0 atom stereocenters. The molecule has 0 saturated heterocycles. The molecule has 0 fully saturated rings. The van der Waals surface area contributed by atoms with Crippen LogP contribution in [0.5, 0.6) is 0 Å². The maximum Gasteiger partial charge on any atom is 0.0652 e. The molecule has 23 heavy (non-hydrogen) atoms. The molecule has 1 heterocycles. The number of aliphatic imine (C=N–C) groups is 1. The lowest BCUT2D eigenvalue weighted by atomic mass is 9.90. The highest BCUT2D eigenvalue weighted by molar-refractivity contribution is 6.31. The minimum Gasteiger partial charge on any atom is -0.288 e. The summed E-state index contributed by atoms with van der Waals surface area (Å²) in [5.41, 5.74) is 8.55. The van der Waals surface area contributed by atoms with Crippen molar-refractivity contribution in [1.82, 2.24) is 0 Å². The van der Waals surface area contributed by atoms with Crippen LogP contribution in [0.2, 0.25) is 5.02 Å². The summed E-state index contributed by atoms with van der Waals surface area (Å²) >= 11 is 6.14. The molecule has 0 radical (unpaired) electrons. The zero-order chi connectivity index (χ0) is 15.8. The number of rotatable bonds is 1. The van der Waals surface area contributed by atoms with Gasteiger partial charge in [0.1, 0.15) is 0 Å². The van der Waals surface area contributed by atoms with Gasteiger partial charge in [-0.3, -0.25) is 4.99 Å². The van der Waals surface area contributed by atoms with E-state index in [4.69, 9.17) is 11.6 Å². The average molecular weight is 318 g/mol. The number of hydrogen-bond donors (Lipinski definition) is 0. The number of aryl methyl sites for hydroxylation is 1. The molecular formula is C21H16ClN. The van der Waals surface area contributed by atoms with E-state index >= 15 is 0 Å². The Kier molecular flexibility index (Phi) is 3.51. The van der Waals surface area contributed by atoms with E-state index < -0.39 is 0 Å². The first kappa shape index (κ1) is 14.2. The SMILES string of the molecule is Cc1ccc(-c2cccc3c2CN=Cc2cc(Cl)ccc2-3)cc1. The first-order chi connectivity index (χ1) is 11.2. The van der Waals surface area contributed by atoms with Crippen molar-refractivity contribution in [2.45, 2.75) is 13.5 Å². The predicted molar refractivity (Wildman–Crippen MR) is 98.4 cm³/mol. The number of fused-ring (bicyclic) bond motifs is 3. The van der Waals surface area contributed by atoms with Crippen LogP contribution in [0.25, 0.3) is 22.3 Å². The van der Waals surface area contributed by atoms with E-state index in [1.165, 1.54) is 33.4 Å². The Hall–Kier alpha value is -2.38. The van der Waals surface area contributed by atoms with Crippen molar-refractivity contribution >= 4 is 17.8 Å². The van der Waals surface area contributed by atoms with Gasteiger partial charge in [-0.05, 0) is 46.9 Å². The van der Waals surface area contributed by atoms with Crippen LogP contribution < -0.4 is 0 Å². The molecule has 3 aromatic rings. The Bertz CT molecular complexity index is 908. The van der Waals surface area contributed by atoms with Gasteiger partial charge < -0.3 is 0 Å². The third-order valence-electron chi connectivity index (χ3n) is 4.32. The largest absolute Gasteiger partial charge is 0.288 e. The second-order valence-electron chi connectivity index (χ2n) is 5.90. The zero-order valence-electron chi connectivity index (χ0n) is 12.9. The molecule has 0 amide bonds. The van der Waals surface area contributed by atoms with Crippen molar-refractivity contribution in [3.63, 3.8) is 0 Å². The smallest absolute Gasteiger partial charge is 0.0652 e. The Morgan fingerprint density at radius 2 is 1.65 bits per heavy atom. The van der Waals surface area contributed by atoms with Gasteiger partial charge >= 0.3 is 0 Å². The second kappa shape index (κ2) is 5.68. The van der Waals surface area contributed by atoms with Crippen molar-refractivity contribution in [3.05, 3.63) is 82.4 Å². The number of hydrogen-bond acceptors (Lipinski definition) is 1. The molecular weight excluding hydrogens is 302 g/mol. The molecule has 0 aromatic heterocycles. The predicted octanol–water partition coefficient (Wildman–Crippen LogP) is 5.91. The Balaban J connectivity index is 1.95. The Morgan fingerprint density at radius 3 is 2.48 bits per heavy atom. The minimum absolute atomic E-state index is 0.686. The van der Waals surface area contributed by atoms with Crippen LogP contribution in [0.4, 0.5) is 0 Å². The van der Waals surface area contributed by atoms with Gasteiger partial charge in [0, 0.05) is 16.8 Å². The van der Waals surface area contributed by atoms with Crippen LogP contribution in [0, 0.1) is 6.92 Å². The molecule has 4 rings (SSSR count). The van der Waals surface area contributed by atoms with E-state index in [-0.39, 0.29) is 0 Å². The maximum atomic E-state index is 6.14. The van der Waals surface area contributed by atoms with Gasteiger partial charge in [0.05, 0.1) is 6.54 Å². The number of halogens is 1. The fourth-order valence-electron chi connectivity index (χ4n) is 3.13. The van der Waals surface area contributed by atoms with Crippen LogP contribution in [0.1, 0.15) is 16.7 Å². The highest BCUT2D eigenvalue weighted by atomic mass is 35.5.